The number of hydrogen-bond donors (Lipinski definition) is 2. The lowest BCUT2D eigenvalue weighted by Gasteiger charge is -2.15. The summed E-state index contributed by atoms with van der Waals surface area (Å²) in [7, 11) is 0. The molecule has 0 saturated carbocycles. The molecule has 1 amide bonds. The number of halogens is 2. The highest BCUT2D eigenvalue weighted by atomic mass is 35.5. The number of rotatable bonds is 6. The molecule has 0 unspecified atom stereocenters. The molecule has 0 aliphatic heterocycles. The van der Waals surface area contributed by atoms with Crippen molar-refractivity contribution in [1.82, 2.24) is 5.32 Å². The van der Waals surface area contributed by atoms with E-state index in [9.17, 15) is 19.1 Å². The highest BCUT2D eigenvalue weighted by Crippen LogP contribution is 2.16. The van der Waals surface area contributed by atoms with Gasteiger partial charge in [0, 0.05) is 11.4 Å². The van der Waals surface area contributed by atoms with Crippen LogP contribution >= 0.6 is 11.6 Å². The van der Waals surface area contributed by atoms with Gasteiger partial charge in [-0.05, 0) is 29.3 Å². The third-order valence-electron chi connectivity index (χ3n) is 3.23. The minimum Gasteiger partial charge on any atom is -0.480 e. The third kappa shape index (κ3) is 5.24. The van der Waals surface area contributed by atoms with Crippen LogP contribution in [0.3, 0.4) is 0 Å². The molecule has 2 aromatic carbocycles. The summed E-state index contributed by atoms with van der Waals surface area (Å²) in [6.45, 7) is 0.00450. The fourth-order valence-corrected chi connectivity index (χ4v) is 2.22. The van der Waals surface area contributed by atoms with E-state index in [1.807, 2.05) is 6.07 Å². The largest absolute Gasteiger partial charge is 0.480 e. The Morgan fingerprint density at radius 3 is 2.58 bits per heavy atom. The number of carboxylic acid groups (broad SMARTS) is 1. The van der Waals surface area contributed by atoms with Crippen molar-refractivity contribution in [3.8, 4) is 0 Å². The molecule has 2 aromatic rings. The maximum absolute atomic E-state index is 13.7. The van der Waals surface area contributed by atoms with Gasteiger partial charge in [-0.15, -0.1) is 0 Å². The Labute approximate surface area is 143 Å². The Balaban J connectivity index is 1.96. The molecule has 0 aliphatic rings. The Bertz CT molecular complexity index is 724. The third-order valence-corrected chi connectivity index (χ3v) is 3.47. The van der Waals surface area contributed by atoms with Gasteiger partial charge >= 0.3 is 12.1 Å². The first kappa shape index (κ1) is 17.7. The zero-order chi connectivity index (χ0) is 17.5. The predicted molar refractivity (Wildman–Crippen MR) is 86.3 cm³/mol. The number of carbonyl (C=O) groups excluding carboxylic acids is 1. The Morgan fingerprint density at radius 2 is 1.92 bits per heavy atom. The van der Waals surface area contributed by atoms with Crippen LogP contribution in [0.4, 0.5) is 9.18 Å². The summed E-state index contributed by atoms with van der Waals surface area (Å²) in [5.74, 6) is -1.89. The van der Waals surface area contributed by atoms with Gasteiger partial charge in [0.25, 0.3) is 0 Å². The van der Waals surface area contributed by atoms with Gasteiger partial charge in [0.2, 0.25) is 0 Å². The van der Waals surface area contributed by atoms with Gasteiger partial charge in [-0.25, -0.2) is 14.0 Å². The summed E-state index contributed by atoms with van der Waals surface area (Å²) < 4.78 is 18.7. The van der Waals surface area contributed by atoms with Crippen molar-refractivity contribution in [3.63, 3.8) is 0 Å². The highest BCUT2D eigenvalue weighted by Gasteiger charge is 2.22. The maximum atomic E-state index is 13.7. The number of nitrogens with one attached hydrogen (secondary N) is 1. The molecule has 0 radical (unpaired) electrons. The minimum atomic E-state index is -1.33. The summed E-state index contributed by atoms with van der Waals surface area (Å²) in [6.07, 6.45) is -1.14. The van der Waals surface area contributed by atoms with Crippen LogP contribution < -0.4 is 5.32 Å². The monoisotopic (exact) mass is 351 g/mol. The summed E-state index contributed by atoms with van der Waals surface area (Å²) in [4.78, 5) is 23.0. The lowest BCUT2D eigenvalue weighted by atomic mass is 10.1. The van der Waals surface area contributed by atoms with Crippen LogP contribution in [0.15, 0.2) is 48.5 Å². The van der Waals surface area contributed by atoms with Crippen LogP contribution in [0, 0.1) is 5.82 Å². The Hall–Kier alpha value is -2.60. The molecule has 0 bridgehead atoms. The zero-order valence-electron chi connectivity index (χ0n) is 12.5. The number of amides is 1. The van der Waals surface area contributed by atoms with E-state index in [0.717, 1.165) is 11.6 Å². The van der Waals surface area contributed by atoms with Crippen molar-refractivity contribution in [2.45, 2.75) is 19.1 Å². The normalized spacial score (nSPS) is 11.6. The van der Waals surface area contributed by atoms with Gasteiger partial charge in [-0.2, -0.15) is 0 Å². The number of aliphatic carboxylic acids is 1. The minimum absolute atomic E-state index is 0.00450. The maximum Gasteiger partial charge on any atom is 0.408 e. The SMILES string of the molecule is O=C(N[C@@H](Cc1cc(Cl)ccc1F)C(=O)O)OCc1ccccc1. The van der Waals surface area contributed by atoms with E-state index >= 15 is 0 Å². The molecule has 1 atom stereocenters. The lowest BCUT2D eigenvalue weighted by molar-refractivity contribution is -0.139. The first-order valence-corrected chi connectivity index (χ1v) is 7.47. The quantitative estimate of drug-likeness (QED) is 0.836. The first-order valence-electron chi connectivity index (χ1n) is 7.09. The van der Waals surface area contributed by atoms with Gasteiger partial charge in [-0.1, -0.05) is 41.9 Å². The van der Waals surface area contributed by atoms with Crippen molar-refractivity contribution in [2.24, 2.45) is 0 Å². The molecule has 2 N–H and O–H groups in total. The number of hydrogen-bond acceptors (Lipinski definition) is 3. The highest BCUT2D eigenvalue weighted by molar-refractivity contribution is 6.30. The number of carboxylic acids is 1. The fraction of sp³-hybridized carbons (Fsp3) is 0.176. The standard InChI is InChI=1S/C17H15ClFNO4/c18-13-6-7-14(19)12(8-13)9-15(16(21)22)20-17(23)24-10-11-4-2-1-3-5-11/h1-8,15H,9-10H2,(H,20,23)(H,21,22)/t15-/m0/s1. The molecular weight excluding hydrogens is 337 g/mol. The zero-order valence-corrected chi connectivity index (χ0v) is 13.3. The lowest BCUT2D eigenvalue weighted by Crippen LogP contribution is -2.42. The molecule has 5 nitrogen and oxygen atoms in total. The Morgan fingerprint density at radius 1 is 1.21 bits per heavy atom. The van der Waals surface area contributed by atoms with Crippen molar-refractivity contribution in [1.29, 1.82) is 0 Å². The van der Waals surface area contributed by atoms with Crippen LogP contribution in [0.2, 0.25) is 5.02 Å². The van der Waals surface area contributed by atoms with Gasteiger partial charge in [-0.3, -0.25) is 0 Å². The number of carbonyl (C=O) groups is 2. The van der Waals surface area contributed by atoms with Gasteiger partial charge < -0.3 is 15.2 Å². The van der Waals surface area contributed by atoms with E-state index < -0.39 is 23.9 Å². The summed E-state index contributed by atoms with van der Waals surface area (Å²) >= 11 is 5.78. The molecule has 0 aliphatic carbocycles. The first-order chi connectivity index (χ1) is 11.5. The van der Waals surface area contributed by atoms with E-state index in [2.05, 4.69) is 5.32 Å². The van der Waals surface area contributed by atoms with E-state index in [0.29, 0.717) is 0 Å². The summed E-state index contributed by atoms with van der Waals surface area (Å²) in [5, 5.41) is 11.7. The smallest absolute Gasteiger partial charge is 0.408 e. The van der Waals surface area contributed by atoms with Crippen LogP contribution in [0.5, 0.6) is 0 Å². The van der Waals surface area contributed by atoms with E-state index in [1.165, 1.54) is 12.1 Å². The molecule has 2 rings (SSSR count). The number of ether oxygens (including phenoxy) is 1. The Kier molecular flexibility index (Phi) is 6.14. The second-order valence-corrected chi connectivity index (χ2v) is 5.47. The molecule has 24 heavy (non-hydrogen) atoms. The van der Waals surface area contributed by atoms with Gasteiger partial charge in [0.05, 0.1) is 0 Å². The summed E-state index contributed by atoms with van der Waals surface area (Å²) in [6, 6.07) is 11.4. The predicted octanol–water partition coefficient (Wildman–Crippen LogP) is 3.40. The molecule has 126 valence electrons. The second-order valence-electron chi connectivity index (χ2n) is 5.04. The second kappa shape index (κ2) is 8.31. The molecule has 7 heteroatoms. The van der Waals surface area contributed by atoms with Crippen LogP contribution in [0.1, 0.15) is 11.1 Å². The molecule has 0 spiro atoms. The van der Waals surface area contributed by atoms with Crippen molar-refractivity contribution >= 4 is 23.7 Å². The average Bonchev–Trinajstić information content (AvgIpc) is 2.56. The van der Waals surface area contributed by atoms with E-state index in [-0.39, 0.29) is 23.6 Å². The molecule has 0 saturated heterocycles. The van der Waals surface area contributed by atoms with Crippen LogP contribution in [-0.4, -0.2) is 23.2 Å². The molecule has 0 aromatic heterocycles. The van der Waals surface area contributed by atoms with Crippen molar-refractivity contribution in [2.75, 3.05) is 0 Å². The molecular formula is C17H15ClFNO4. The topological polar surface area (TPSA) is 75.6 Å². The average molecular weight is 352 g/mol. The van der Waals surface area contributed by atoms with Crippen molar-refractivity contribution < 1.29 is 23.8 Å². The van der Waals surface area contributed by atoms with Gasteiger partial charge in [0.15, 0.2) is 0 Å². The van der Waals surface area contributed by atoms with E-state index in [4.69, 9.17) is 16.3 Å². The summed E-state index contributed by atoms with van der Waals surface area (Å²) in [5.41, 5.74) is 0.860. The van der Waals surface area contributed by atoms with Gasteiger partial charge in [0.1, 0.15) is 18.5 Å². The number of alkyl carbamates (subject to hydrolysis) is 1. The van der Waals surface area contributed by atoms with Crippen molar-refractivity contribution in [3.05, 3.63) is 70.5 Å². The molecule has 0 heterocycles. The molecule has 0 fully saturated rings. The van der Waals surface area contributed by atoms with Crippen LogP contribution in [-0.2, 0) is 22.6 Å². The fourth-order valence-electron chi connectivity index (χ4n) is 2.03. The number of benzene rings is 2. The van der Waals surface area contributed by atoms with Crippen LogP contribution in [0.25, 0.3) is 0 Å². The van der Waals surface area contributed by atoms with E-state index in [1.54, 1.807) is 24.3 Å².